The van der Waals surface area contributed by atoms with E-state index < -0.39 is 0 Å². The molecule has 0 heterocycles. The lowest BCUT2D eigenvalue weighted by molar-refractivity contribution is -0.0843. The molecule has 1 fully saturated rings. The summed E-state index contributed by atoms with van der Waals surface area (Å²) >= 11 is 0. The minimum absolute atomic E-state index is 0.00445. The van der Waals surface area contributed by atoms with Crippen molar-refractivity contribution in [2.45, 2.75) is 52.6 Å². The topological polar surface area (TPSA) is 40.5 Å². The van der Waals surface area contributed by atoms with Crippen molar-refractivity contribution in [2.24, 2.45) is 16.7 Å². The SMILES string of the molecule is CC1(C)[C@@H](O)CC[C@]2(C)C=C(CO)CC[C@@H]12. The van der Waals surface area contributed by atoms with Crippen LogP contribution in [0.1, 0.15) is 46.5 Å². The number of fused-ring (bicyclic) bond motifs is 1. The van der Waals surface area contributed by atoms with Crippen molar-refractivity contribution in [3.8, 4) is 0 Å². The number of rotatable bonds is 1. The third kappa shape index (κ3) is 1.72. The van der Waals surface area contributed by atoms with Crippen LogP contribution in [0.3, 0.4) is 0 Å². The molecule has 1 saturated carbocycles. The van der Waals surface area contributed by atoms with Gasteiger partial charge >= 0.3 is 0 Å². The van der Waals surface area contributed by atoms with Crippen LogP contribution < -0.4 is 0 Å². The fourth-order valence-electron chi connectivity index (χ4n) is 3.94. The Morgan fingerprint density at radius 2 is 2.00 bits per heavy atom. The lowest BCUT2D eigenvalue weighted by Gasteiger charge is -2.54. The van der Waals surface area contributed by atoms with Gasteiger partial charge in [0, 0.05) is 0 Å². The minimum Gasteiger partial charge on any atom is -0.393 e. The van der Waals surface area contributed by atoms with Gasteiger partial charge in [-0.1, -0.05) is 26.8 Å². The second kappa shape index (κ2) is 3.85. The molecule has 0 amide bonds. The highest BCUT2D eigenvalue weighted by atomic mass is 16.3. The van der Waals surface area contributed by atoms with Crippen LogP contribution in [0.25, 0.3) is 0 Å². The monoisotopic (exact) mass is 224 g/mol. The molecule has 0 aromatic carbocycles. The van der Waals surface area contributed by atoms with Crippen molar-refractivity contribution in [3.05, 3.63) is 11.6 Å². The highest BCUT2D eigenvalue weighted by Crippen LogP contribution is 2.56. The summed E-state index contributed by atoms with van der Waals surface area (Å²) in [5.74, 6) is 0.541. The molecule has 0 unspecified atom stereocenters. The second-order valence-corrected chi connectivity index (χ2v) is 6.43. The maximum atomic E-state index is 10.1. The Morgan fingerprint density at radius 3 is 2.62 bits per heavy atom. The molecule has 0 aliphatic heterocycles. The Hall–Kier alpha value is -0.340. The predicted octanol–water partition coefficient (Wildman–Crippen LogP) is 2.50. The largest absolute Gasteiger partial charge is 0.393 e. The Labute approximate surface area is 98.4 Å². The molecule has 0 radical (unpaired) electrons. The fourth-order valence-corrected chi connectivity index (χ4v) is 3.94. The van der Waals surface area contributed by atoms with Gasteiger partial charge in [0.1, 0.15) is 0 Å². The number of hydrogen-bond acceptors (Lipinski definition) is 2. The standard InChI is InChI=1S/C14H24O2/c1-13(2)11-5-4-10(9-15)8-14(11,3)7-6-12(13)16/h8,11-12,15-16H,4-7,9H2,1-3H3/t11-,12-,14+/m0/s1. The molecule has 0 bridgehead atoms. The van der Waals surface area contributed by atoms with Crippen molar-refractivity contribution in [1.29, 1.82) is 0 Å². The zero-order valence-electron chi connectivity index (χ0n) is 10.7. The summed E-state index contributed by atoms with van der Waals surface area (Å²) < 4.78 is 0. The van der Waals surface area contributed by atoms with Crippen molar-refractivity contribution in [3.63, 3.8) is 0 Å². The van der Waals surface area contributed by atoms with Gasteiger partial charge in [-0.2, -0.15) is 0 Å². The molecule has 92 valence electrons. The minimum atomic E-state index is -0.172. The van der Waals surface area contributed by atoms with E-state index in [9.17, 15) is 10.2 Å². The van der Waals surface area contributed by atoms with Crippen LogP contribution >= 0.6 is 0 Å². The Kier molecular flexibility index (Phi) is 2.92. The maximum absolute atomic E-state index is 10.1. The molecule has 0 saturated heterocycles. The van der Waals surface area contributed by atoms with Crippen LogP contribution in [0, 0.1) is 16.7 Å². The van der Waals surface area contributed by atoms with Crippen LogP contribution in [0.2, 0.25) is 0 Å². The molecular weight excluding hydrogens is 200 g/mol. The van der Waals surface area contributed by atoms with Gasteiger partial charge in [0.05, 0.1) is 12.7 Å². The van der Waals surface area contributed by atoms with Crippen molar-refractivity contribution < 1.29 is 10.2 Å². The van der Waals surface area contributed by atoms with Crippen LogP contribution in [0.5, 0.6) is 0 Å². The normalized spacial score (nSPS) is 42.4. The van der Waals surface area contributed by atoms with E-state index in [-0.39, 0.29) is 23.5 Å². The van der Waals surface area contributed by atoms with E-state index in [1.807, 2.05) is 0 Å². The van der Waals surface area contributed by atoms with Gasteiger partial charge in [-0.3, -0.25) is 0 Å². The lowest BCUT2D eigenvalue weighted by Crippen LogP contribution is -2.50. The van der Waals surface area contributed by atoms with E-state index in [1.165, 1.54) is 5.57 Å². The van der Waals surface area contributed by atoms with Crippen molar-refractivity contribution in [1.82, 2.24) is 0 Å². The first-order chi connectivity index (χ1) is 7.40. The van der Waals surface area contributed by atoms with Gasteiger partial charge < -0.3 is 10.2 Å². The first kappa shape index (κ1) is 12.1. The van der Waals surface area contributed by atoms with Gasteiger partial charge in [-0.25, -0.2) is 0 Å². The molecule has 3 atom stereocenters. The lowest BCUT2D eigenvalue weighted by atomic mass is 9.52. The zero-order valence-corrected chi connectivity index (χ0v) is 10.7. The molecule has 2 N–H and O–H groups in total. The van der Waals surface area contributed by atoms with E-state index in [1.54, 1.807) is 0 Å². The zero-order chi connectivity index (χ0) is 12.0. The van der Waals surface area contributed by atoms with Crippen molar-refractivity contribution in [2.75, 3.05) is 6.61 Å². The maximum Gasteiger partial charge on any atom is 0.0641 e. The molecule has 0 spiro atoms. The van der Waals surface area contributed by atoms with Crippen LogP contribution in [-0.4, -0.2) is 22.9 Å². The van der Waals surface area contributed by atoms with Crippen LogP contribution in [0.15, 0.2) is 11.6 Å². The summed E-state index contributed by atoms with van der Waals surface area (Å²) in [6.07, 6.45) is 6.14. The highest BCUT2D eigenvalue weighted by Gasteiger charge is 2.50. The summed E-state index contributed by atoms with van der Waals surface area (Å²) in [6.45, 7) is 6.88. The quantitative estimate of drug-likeness (QED) is 0.672. The van der Waals surface area contributed by atoms with Gasteiger partial charge in [-0.05, 0) is 48.0 Å². The number of allylic oxidation sites excluding steroid dienone is 1. The number of aliphatic hydroxyl groups excluding tert-OH is 2. The molecule has 2 rings (SSSR count). The Balaban J connectivity index is 2.32. The number of aliphatic hydroxyl groups is 2. The fraction of sp³-hybridized carbons (Fsp3) is 0.857. The first-order valence-corrected chi connectivity index (χ1v) is 6.39. The van der Waals surface area contributed by atoms with Crippen LogP contribution in [-0.2, 0) is 0 Å². The van der Waals surface area contributed by atoms with E-state index in [2.05, 4.69) is 26.8 Å². The van der Waals surface area contributed by atoms with Gasteiger partial charge in [-0.15, -0.1) is 0 Å². The molecule has 2 aliphatic carbocycles. The third-order valence-electron chi connectivity index (χ3n) is 5.00. The van der Waals surface area contributed by atoms with E-state index in [0.717, 1.165) is 25.7 Å². The van der Waals surface area contributed by atoms with Gasteiger partial charge in [0.15, 0.2) is 0 Å². The molecule has 2 heteroatoms. The molecule has 16 heavy (non-hydrogen) atoms. The smallest absolute Gasteiger partial charge is 0.0641 e. The summed E-state index contributed by atoms with van der Waals surface area (Å²) in [5, 5.41) is 19.4. The molecule has 2 nitrogen and oxygen atoms in total. The molecular formula is C14H24O2. The Morgan fingerprint density at radius 1 is 1.31 bits per heavy atom. The average molecular weight is 224 g/mol. The molecule has 0 aromatic rings. The van der Waals surface area contributed by atoms with E-state index >= 15 is 0 Å². The predicted molar refractivity (Wildman–Crippen MR) is 65.0 cm³/mol. The van der Waals surface area contributed by atoms with Gasteiger partial charge in [0.2, 0.25) is 0 Å². The second-order valence-electron chi connectivity index (χ2n) is 6.43. The summed E-state index contributed by atoms with van der Waals surface area (Å²) in [4.78, 5) is 0. The Bertz CT molecular complexity index is 306. The first-order valence-electron chi connectivity index (χ1n) is 6.39. The van der Waals surface area contributed by atoms with Crippen LogP contribution in [0.4, 0.5) is 0 Å². The van der Waals surface area contributed by atoms with Crippen molar-refractivity contribution >= 4 is 0 Å². The molecule has 2 aliphatic rings. The molecule has 0 aromatic heterocycles. The number of hydrogen-bond donors (Lipinski definition) is 2. The third-order valence-corrected chi connectivity index (χ3v) is 5.00. The summed E-state index contributed by atoms with van der Waals surface area (Å²) in [5.41, 5.74) is 1.37. The summed E-state index contributed by atoms with van der Waals surface area (Å²) in [6, 6.07) is 0. The van der Waals surface area contributed by atoms with E-state index in [0.29, 0.717) is 5.92 Å². The highest BCUT2D eigenvalue weighted by molar-refractivity contribution is 5.19. The summed E-state index contributed by atoms with van der Waals surface area (Å²) in [7, 11) is 0. The average Bonchev–Trinajstić information content (AvgIpc) is 2.23. The van der Waals surface area contributed by atoms with E-state index in [4.69, 9.17) is 0 Å². The van der Waals surface area contributed by atoms with Gasteiger partial charge in [0.25, 0.3) is 0 Å².